The lowest BCUT2D eigenvalue weighted by atomic mass is 10.2. The van der Waals surface area contributed by atoms with Crippen molar-refractivity contribution in [3.63, 3.8) is 0 Å². The maximum absolute atomic E-state index is 13.1. The van der Waals surface area contributed by atoms with Gasteiger partial charge in [-0.25, -0.2) is 8.42 Å². The molecule has 1 fully saturated rings. The van der Waals surface area contributed by atoms with E-state index in [1.165, 1.54) is 46.8 Å². The summed E-state index contributed by atoms with van der Waals surface area (Å²) in [6.45, 7) is 9.57. The highest BCUT2D eigenvalue weighted by Crippen LogP contribution is 2.30. The molecule has 0 radical (unpaired) electrons. The molecule has 0 N–H and O–H groups in total. The van der Waals surface area contributed by atoms with E-state index in [9.17, 15) is 18.0 Å². The van der Waals surface area contributed by atoms with Crippen LogP contribution in [0.25, 0.3) is 10.2 Å². The van der Waals surface area contributed by atoms with Crippen molar-refractivity contribution in [3.05, 3.63) is 46.5 Å². The van der Waals surface area contributed by atoms with Crippen LogP contribution in [0, 0.1) is 12.8 Å². The zero-order valence-electron chi connectivity index (χ0n) is 19.2. The average Bonchev–Trinajstić information content (AvgIpc) is 3.34. The molecule has 2 aromatic heterocycles. The van der Waals surface area contributed by atoms with E-state index in [1.54, 1.807) is 4.90 Å². The molecule has 0 atom stereocenters. The minimum Gasteiger partial charge on any atom is -0.335 e. The summed E-state index contributed by atoms with van der Waals surface area (Å²) in [5.41, 5.74) is 1.38. The topological polar surface area (TPSA) is 92.6 Å². The van der Waals surface area contributed by atoms with Gasteiger partial charge < -0.3 is 4.90 Å². The second-order valence-corrected chi connectivity index (χ2v) is 11.7. The Bertz CT molecular complexity index is 1300. The van der Waals surface area contributed by atoms with Gasteiger partial charge in [-0.1, -0.05) is 26.0 Å². The second-order valence-electron chi connectivity index (χ2n) is 8.77. The summed E-state index contributed by atoms with van der Waals surface area (Å²) < 4.78 is 29.3. The molecule has 0 bridgehead atoms. The summed E-state index contributed by atoms with van der Waals surface area (Å²) in [6.07, 6.45) is 0. The lowest BCUT2D eigenvalue weighted by molar-refractivity contribution is 0.0702. The van der Waals surface area contributed by atoms with Crippen LogP contribution < -0.4 is 0 Å². The van der Waals surface area contributed by atoms with Gasteiger partial charge in [-0.2, -0.15) is 9.40 Å². The summed E-state index contributed by atoms with van der Waals surface area (Å²) in [5, 5.41) is 5.59. The third kappa shape index (κ3) is 4.60. The van der Waals surface area contributed by atoms with Crippen LogP contribution in [0.4, 0.5) is 0 Å². The number of benzene rings is 1. The molecule has 1 aromatic carbocycles. The highest BCUT2D eigenvalue weighted by atomic mass is 32.2. The molecule has 1 amide bonds. The number of Topliss-reactive ketones (excluding diaryl/α,β-unsaturated/α-hetero) is 1. The summed E-state index contributed by atoms with van der Waals surface area (Å²) in [7, 11) is -3.68. The number of hydrogen-bond donors (Lipinski definition) is 0. The molecule has 0 spiro atoms. The smallest absolute Gasteiger partial charge is 0.264 e. The van der Waals surface area contributed by atoms with E-state index in [4.69, 9.17) is 0 Å². The van der Waals surface area contributed by atoms with Gasteiger partial charge in [0, 0.05) is 43.7 Å². The predicted molar refractivity (Wildman–Crippen MR) is 128 cm³/mol. The maximum Gasteiger partial charge on any atom is 0.264 e. The molecule has 1 aliphatic heterocycles. The van der Waals surface area contributed by atoms with Gasteiger partial charge in [-0.05, 0) is 38.0 Å². The fourth-order valence-corrected chi connectivity index (χ4v) is 6.55. The first kappa shape index (κ1) is 23.6. The number of carbonyl (C=O) groups excluding carboxylic acids is 2. The lowest BCUT2D eigenvalue weighted by Gasteiger charge is -2.33. The first-order chi connectivity index (χ1) is 15.6. The number of fused-ring (bicyclic) bond motifs is 1. The number of thiophene rings is 1. The third-order valence-electron chi connectivity index (χ3n) is 5.78. The first-order valence-electron chi connectivity index (χ1n) is 11.0. The molecule has 3 heterocycles. The van der Waals surface area contributed by atoms with E-state index in [0.717, 1.165) is 22.5 Å². The molecule has 4 rings (SSSR count). The van der Waals surface area contributed by atoms with Crippen molar-refractivity contribution in [2.75, 3.05) is 26.2 Å². The molecule has 33 heavy (non-hydrogen) atoms. The van der Waals surface area contributed by atoms with Crippen LogP contribution in [0.3, 0.4) is 0 Å². The van der Waals surface area contributed by atoms with Crippen molar-refractivity contribution in [3.8, 4) is 0 Å². The van der Waals surface area contributed by atoms with Crippen LogP contribution in [0.15, 0.2) is 35.2 Å². The molecule has 0 unspecified atom stereocenters. The Morgan fingerprint density at radius 2 is 1.73 bits per heavy atom. The number of aryl methyl sites for hydroxylation is 1. The first-order valence-corrected chi connectivity index (χ1v) is 13.2. The Morgan fingerprint density at radius 1 is 1.09 bits per heavy atom. The summed E-state index contributed by atoms with van der Waals surface area (Å²) in [5.74, 6) is 0.261. The normalized spacial score (nSPS) is 15.5. The average molecular weight is 489 g/mol. The highest BCUT2D eigenvalue weighted by Gasteiger charge is 2.31. The van der Waals surface area contributed by atoms with Crippen molar-refractivity contribution < 1.29 is 18.0 Å². The molecular formula is C23H28N4O4S2. The number of aromatic nitrogens is 2. The Kier molecular flexibility index (Phi) is 6.43. The second kappa shape index (κ2) is 9.00. The molecule has 1 aliphatic rings. The Labute approximate surface area is 197 Å². The lowest BCUT2D eigenvalue weighted by Crippen LogP contribution is -2.50. The summed E-state index contributed by atoms with van der Waals surface area (Å²) in [4.78, 5) is 28.1. The van der Waals surface area contributed by atoms with Crippen molar-refractivity contribution in [1.29, 1.82) is 0 Å². The Hall–Kier alpha value is -2.56. The summed E-state index contributed by atoms with van der Waals surface area (Å²) >= 11 is 1.45. The number of nitrogens with zero attached hydrogens (tertiary/aromatic N) is 4. The molecule has 0 aliphatic carbocycles. The Morgan fingerprint density at radius 3 is 2.30 bits per heavy atom. The van der Waals surface area contributed by atoms with Crippen molar-refractivity contribution in [2.24, 2.45) is 5.92 Å². The number of hydrogen-bond acceptors (Lipinski definition) is 6. The van der Waals surface area contributed by atoms with E-state index < -0.39 is 10.0 Å². The number of ketones is 1. The standard InChI is InChI=1S/C23H28N4O4S2/c1-15(2)14-27-23-20(16(3)24-27)13-21(32-23)22(29)25-9-11-26(12-10-25)33(30,31)19-7-5-18(6-8-19)17(4)28/h5-8,13,15H,9-12,14H2,1-4H3. The van der Waals surface area contributed by atoms with Gasteiger partial charge >= 0.3 is 0 Å². The third-order valence-corrected chi connectivity index (χ3v) is 8.83. The number of sulfonamides is 1. The zero-order chi connectivity index (χ0) is 23.9. The van der Waals surface area contributed by atoms with Crippen LogP contribution in [-0.4, -0.2) is 65.3 Å². The maximum atomic E-state index is 13.1. The molecule has 8 nitrogen and oxygen atoms in total. The van der Waals surface area contributed by atoms with Crippen LogP contribution in [0.1, 0.15) is 46.5 Å². The largest absolute Gasteiger partial charge is 0.335 e. The van der Waals surface area contributed by atoms with Crippen molar-refractivity contribution in [1.82, 2.24) is 19.0 Å². The minimum absolute atomic E-state index is 0.0745. The van der Waals surface area contributed by atoms with Gasteiger partial charge in [0.05, 0.1) is 15.5 Å². The fourth-order valence-electron chi connectivity index (χ4n) is 3.99. The number of carbonyl (C=O) groups is 2. The van der Waals surface area contributed by atoms with Crippen molar-refractivity contribution >= 4 is 43.3 Å². The van der Waals surface area contributed by atoms with Crippen LogP contribution in [-0.2, 0) is 16.6 Å². The molecular weight excluding hydrogens is 460 g/mol. The highest BCUT2D eigenvalue weighted by molar-refractivity contribution is 7.89. The van der Waals surface area contributed by atoms with Crippen LogP contribution >= 0.6 is 11.3 Å². The van der Waals surface area contributed by atoms with Gasteiger partial charge in [0.1, 0.15) is 4.83 Å². The van der Waals surface area contributed by atoms with Crippen LogP contribution in [0.5, 0.6) is 0 Å². The van der Waals surface area contributed by atoms with Gasteiger partial charge in [-0.15, -0.1) is 11.3 Å². The summed E-state index contributed by atoms with van der Waals surface area (Å²) in [6, 6.07) is 7.88. The van der Waals surface area contributed by atoms with Gasteiger partial charge in [-0.3, -0.25) is 14.3 Å². The number of rotatable bonds is 6. The molecule has 1 saturated heterocycles. The molecule has 176 valence electrons. The van der Waals surface area contributed by atoms with E-state index in [2.05, 4.69) is 18.9 Å². The fraction of sp³-hybridized carbons (Fsp3) is 0.435. The monoisotopic (exact) mass is 488 g/mol. The van der Waals surface area contributed by atoms with E-state index in [0.29, 0.717) is 29.4 Å². The van der Waals surface area contributed by atoms with Gasteiger partial charge in [0.2, 0.25) is 10.0 Å². The minimum atomic E-state index is -3.68. The Balaban J connectivity index is 1.46. The quantitative estimate of drug-likeness (QED) is 0.496. The van der Waals surface area contributed by atoms with E-state index >= 15 is 0 Å². The molecule has 10 heteroatoms. The zero-order valence-corrected chi connectivity index (χ0v) is 20.9. The number of amides is 1. The van der Waals surface area contributed by atoms with Gasteiger partial charge in [0.25, 0.3) is 5.91 Å². The van der Waals surface area contributed by atoms with E-state index in [1.807, 2.05) is 17.7 Å². The van der Waals surface area contributed by atoms with Crippen molar-refractivity contribution in [2.45, 2.75) is 39.1 Å². The van der Waals surface area contributed by atoms with E-state index in [-0.39, 0.29) is 29.7 Å². The predicted octanol–water partition coefficient (Wildman–Crippen LogP) is 3.41. The molecule has 3 aromatic rings. The van der Waals surface area contributed by atoms with Gasteiger partial charge in [0.15, 0.2) is 5.78 Å². The van der Waals surface area contributed by atoms with Crippen LogP contribution in [0.2, 0.25) is 0 Å². The SMILES string of the molecule is CC(=O)c1ccc(S(=O)(=O)N2CCN(C(=O)c3cc4c(C)nn(CC(C)C)c4s3)CC2)cc1. The number of piperazine rings is 1. The molecule has 0 saturated carbocycles.